The number of amides is 1. The van der Waals surface area contributed by atoms with Crippen molar-refractivity contribution in [2.45, 2.75) is 39.2 Å². The summed E-state index contributed by atoms with van der Waals surface area (Å²) in [7, 11) is 0. The lowest BCUT2D eigenvalue weighted by Gasteiger charge is -2.22. The second-order valence-corrected chi connectivity index (χ2v) is 6.34. The van der Waals surface area contributed by atoms with Crippen molar-refractivity contribution in [3.8, 4) is 5.82 Å². The molecule has 3 heterocycles. The number of pyridine rings is 1. The highest BCUT2D eigenvalue weighted by molar-refractivity contribution is 5.85. The van der Waals surface area contributed by atoms with E-state index in [9.17, 15) is 4.79 Å². The molecule has 3 rings (SSSR count). The SMILES string of the molecule is Cc1nccn1-c1ncccc1CNC(=O)CCC1CCNCC1.Cl.Cl. The van der Waals surface area contributed by atoms with Gasteiger partial charge in [0.05, 0.1) is 0 Å². The van der Waals surface area contributed by atoms with Gasteiger partial charge in [-0.05, 0) is 51.3 Å². The number of hydrogen-bond donors (Lipinski definition) is 2. The van der Waals surface area contributed by atoms with Gasteiger partial charge in [-0.15, -0.1) is 24.8 Å². The zero-order chi connectivity index (χ0) is 16.8. The van der Waals surface area contributed by atoms with E-state index in [0.29, 0.717) is 18.9 Å². The summed E-state index contributed by atoms with van der Waals surface area (Å²) in [6.07, 6.45) is 9.35. The third kappa shape index (κ3) is 5.97. The molecule has 1 aliphatic heterocycles. The molecule has 0 aliphatic carbocycles. The monoisotopic (exact) mass is 399 g/mol. The molecule has 26 heavy (non-hydrogen) atoms. The van der Waals surface area contributed by atoms with Crippen LogP contribution in [0.5, 0.6) is 0 Å². The second kappa shape index (κ2) is 11.2. The molecule has 8 heteroatoms. The summed E-state index contributed by atoms with van der Waals surface area (Å²) in [5.41, 5.74) is 0.994. The Morgan fingerprint density at radius 3 is 2.73 bits per heavy atom. The Bertz CT molecular complexity index is 686. The summed E-state index contributed by atoms with van der Waals surface area (Å²) in [5.74, 6) is 2.50. The number of carbonyl (C=O) groups is 1. The molecule has 2 N–H and O–H groups in total. The van der Waals surface area contributed by atoms with Crippen LogP contribution in [0.3, 0.4) is 0 Å². The Hall–Kier alpha value is -1.63. The first kappa shape index (κ1) is 22.4. The zero-order valence-corrected chi connectivity index (χ0v) is 16.6. The van der Waals surface area contributed by atoms with Gasteiger partial charge in [-0.25, -0.2) is 9.97 Å². The first-order chi connectivity index (χ1) is 11.7. The van der Waals surface area contributed by atoms with E-state index < -0.39 is 0 Å². The van der Waals surface area contributed by atoms with Gasteiger partial charge in [0.1, 0.15) is 11.6 Å². The van der Waals surface area contributed by atoms with Gasteiger partial charge in [0.15, 0.2) is 0 Å². The molecular weight excluding hydrogens is 373 g/mol. The fourth-order valence-corrected chi connectivity index (χ4v) is 3.17. The number of piperidine rings is 1. The predicted octanol–water partition coefficient (Wildman–Crippen LogP) is 2.82. The Morgan fingerprint density at radius 1 is 1.27 bits per heavy atom. The van der Waals surface area contributed by atoms with E-state index in [-0.39, 0.29) is 30.7 Å². The van der Waals surface area contributed by atoms with Crippen LogP contribution in [0.1, 0.15) is 37.1 Å². The standard InChI is InChI=1S/C18H25N5O.2ClH/c1-14-20-11-12-23(14)18-16(3-2-8-21-18)13-22-17(24)5-4-15-6-9-19-10-7-15;;/h2-3,8,11-12,15,19H,4-7,9-10,13H2,1H3,(H,22,24);2*1H. The molecule has 0 unspecified atom stereocenters. The third-order valence-electron chi connectivity index (χ3n) is 4.64. The lowest BCUT2D eigenvalue weighted by Crippen LogP contribution is -2.29. The molecule has 2 aromatic heterocycles. The second-order valence-electron chi connectivity index (χ2n) is 6.34. The van der Waals surface area contributed by atoms with Crippen LogP contribution in [0.4, 0.5) is 0 Å². The molecule has 0 atom stereocenters. The van der Waals surface area contributed by atoms with Crippen LogP contribution < -0.4 is 10.6 Å². The Kier molecular flexibility index (Phi) is 9.62. The molecule has 2 aromatic rings. The number of halogens is 2. The van der Waals surface area contributed by atoms with Gasteiger partial charge in [0.2, 0.25) is 5.91 Å². The number of carbonyl (C=O) groups excluding carboxylic acids is 1. The molecule has 0 bridgehead atoms. The molecule has 0 radical (unpaired) electrons. The average molecular weight is 400 g/mol. The minimum Gasteiger partial charge on any atom is -0.352 e. The van der Waals surface area contributed by atoms with Gasteiger partial charge in [0, 0.05) is 37.1 Å². The minimum absolute atomic E-state index is 0. The maximum Gasteiger partial charge on any atom is 0.220 e. The van der Waals surface area contributed by atoms with Crippen molar-refractivity contribution < 1.29 is 4.79 Å². The largest absolute Gasteiger partial charge is 0.352 e. The number of aryl methyl sites for hydroxylation is 1. The van der Waals surface area contributed by atoms with Crippen LogP contribution in [0.15, 0.2) is 30.7 Å². The van der Waals surface area contributed by atoms with Crippen molar-refractivity contribution in [2.24, 2.45) is 5.92 Å². The molecule has 0 aromatic carbocycles. The van der Waals surface area contributed by atoms with E-state index in [0.717, 1.165) is 36.7 Å². The van der Waals surface area contributed by atoms with Crippen LogP contribution in [0, 0.1) is 12.8 Å². The lowest BCUT2D eigenvalue weighted by atomic mass is 9.93. The highest BCUT2D eigenvalue weighted by Gasteiger charge is 2.15. The summed E-state index contributed by atoms with van der Waals surface area (Å²) in [5, 5.41) is 6.39. The zero-order valence-electron chi connectivity index (χ0n) is 15.0. The number of nitrogens with zero attached hydrogens (tertiary/aromatic N) is 3. The fraction of sp³-hybridized carbons (Fsp3) is 0.500. The smallest absolute Gasteiger partial charge is 0.220 e. The topological polar surface area (TPSA) is 71.8 Å². The number of hydrogen-bond acceptors (Lipinski definition) is 4. The van der Waals surface area contributed by atoms with Gasteiger partial charge < -0.3 is 10.6 Å². The minimum atomic E-state index is 0. The van der Waals surface area contributed by atoms with E-state index >= 15 is 0 Å². The molecule has 1 fully saturated rings. The first-order valence-corrected chi connectivity index (χ1v) is 8.65. The molecule has 0 spiro atoms. The average Bonchev–Trinajstić information content (AvgIpc) is 3.05. The van der Waals surface area contributed by atoms with E-state index in [1.807, 2.05) is 29.8 Å². The van der Waals surface area contributed by atoms with Crippen molar-refractivity contribution in [1.29, 1.82) is 0 Å². The summed E-state index contributed by atoms with van der Waals surface area (Å²) in [6, 6.07) is 3.89. The molecule has 1 aliphatic rings. The van der Waals surface area contributed by atoms with Crippen molar-refractivity contribution in [2.75, 3.05) is 13.1 Å². The highest BCUT2D eigenvalue weighted by atomic mass is 35.5. The highest BCUT2D eigenvalue weighted by Crippen LogP contribution is 2.18. The molecule has 1 amide bonds. The van der Waals surface area contributed by atoms with Gasteiger partial charge in [-0.1, -0.05) is 6.07 Å². The van der Waals surface area contributed by atoms with Gasteiger partial charge in [-0.2, -0.15) is 0 Å². The van der Waals surface area contributed by atoms with Crippen LogP contribution in [0.25, 0.3) is 5.82 Å². The summed E-state index contributed by atoms with van der Waals surface area (Å²) in [4.78, 5) is 20.8. The molecule has 6 nitrogen and oxygen atoms in total. The summed E-state index contributed by atoms with van der Waals surface area (Å²) < 4.78 is 1.94. The van der Waals surface area contributed by atoms with E-state index in [1.54, 1.807) is 12.4 Å². The maximum absolute atomic E-state index is 12.2. The maximum atomic E-state index is 12.2. The number of rotatable bonds is 6. The summed E-state index contributed by atoms with van der Waals surface area (Å²) in [6.45, 7) is 4.59. The van der Waals surface area contributed by atoms with E-state index in [1.165, 1.54) is 12.8 Å². The van der Waals surface area contributed by atoms with Gasteiger partial charge in [0.25, 0.3) is 0 Å². The van der Waals surface area contributed by atoms with Crippen molar-refractivity contribution >= 4 is 30.7 Å². The predicted molar refractivity (Wildman–Crippen MR) is 107 cm³/mol. The normalized spacial score (nSPS) is 14.2. The summed E-state index contributed by atoms with van der Waals surface area (Å²) >= 11 is 0. The van der Waals surface area contributed by atoms with Crippen LogP contribution in [-0.2, 0) is 11.3 Å². The Balaban J connectivity index is 0.00000169. The Labute approximate surface area is 167 Å². The van der Waals surface area contributed by atoms with Crippen molar-refractivity contribution in [3.63, 3.8) is 0 Å². The van der Waals surface area contributed by atoms with Gasteiger partial charge in [-0.3, -0.25) is 9.36 Å². The Morgan fingerprint density at radius 2 is 2.04 bits per heavy atom. The molecule has 1 saturated heterocycles. The van der Waals surface area contributed by atoms with Crippen molar-refractivity contribution in [1.82, 2.24) is 25.2 Å². The van der Waals surface area contributed by atoms with Crippen LogP contribution in [0.2, 0.25) is 0 Å². The van der Waals surface area contributed by atoms with E-state index in [4.69, 9.17) is 0 Å². The lowest BCUT2D eigenvalue weighted by molar-refractivity contribution is -0.121. The third-order valence-corrected chi connectivity index (χ3v) is 4.64. The molecule has 144 valence electrons. The number of aromatic nitrogens is 3. The molecule has 0 saturated carbocycles. The first-order valence-electron chi connectivity index (χ1n) is 8.65. The fourth-order valence-electron chi connectivity index (χ4n) is 3.17. The number of imidazole rings is 1. The van der Waals surface area contributed by atoms with Gasteiger partial charge >= 0.3 is 0 Å². The van der Waals surface area contributed by atoms with Crippen molar-refractivity contribution in [3.05, 3.63) is 42.1 Å². The van der Waals surface area contributed by atoms with E-state index in [2.05, 4.69) is 20.6 Å². The van der Waals surface area contributed by atoms with Crippen LogP contribution in [-0.4, -0.2) is 33.5 Å². The molecular formula is C18H27Cl2N5O. The van der Waals surface area contributed by atoms with Crippen LogP contribution >= 0.6 is 24.8 Å². The quantitative estimate of drug-likeness (QED) is 0.782. The number of nitrogens with one attached hydrogen (secondary N) is 2.